The smallest absolute Gasteiger partial charge is 0.231 e. The van der Waals surface area contributed by atoms with Crippen molar-refractivity contribution >= 4 is 0 Å². The zero-order valence-electron chi connectivity index (χ0n) is 14.7. The average molecular weight is 318 g/mol. The summed E-state index contributed by atoms with van der Waals surface area (Å²) in [4.78, 5) is 0. The molecule has 0 bridgehead atoms. The van der Waals surface area contributed by atoms with Crippen molar-refractivity contribution in [3.8, 4) is 5.69 Å². The Hall–Kier alpha value is -2.42. The standard InChI is InChI=1S/C21H24N3/c1-15-11-16(2)21(17(3)12-15)24-14-23-19(9-10-20(23)22-24)13-18-7-5-4-6-8-18/h4-8,11-12,14,19H,9-10,13H2,1-3H3/q+1. The molecule has 1 aromatic heterocycles. The second kappa shape index (κ2) is 5.90. The Balaban J connectivity index is 1.68. The SMILES string of the molecule is Cc1cc(C)c(-n2c[n+]3c(n2)CCC3Cc2ccccc2)c(C)c1. The molecule has 3 nitrogen and oxygen atoms in total. The molecule has 0 aliphatic carbocycles. The van der Waals surface area contributed by atoms with E-state index in [2.05, 4.69) is 78.8 Å². The van der Waals surface area contributed by atoms with Gasteiger partial charge in [-0.25, -0.2) is 4.57 Å². The molecule has 2 heterocycles. The molecule has 0 amide bonds. The van der Waals surface area contributed by atoms with E-state index in [-0.39, 0.29) is 0 Å². The van der Waals surface area contributed by atoms with Gasteiger partial charge in [0.05, 0.1) is 6.04 Å². The fourth-order valence-electron chi connectivity index (χ4n) is 4.03. The highest BCUT2D eigenvalue weighted by Crippen LogP contribution is 2.24. The maximum atomic E-state index is 4.88. The molecule has 0 N–H and O–H groups in total. The zero-order valence-corrected chi connectivity index (χ0v) is 14.7. The van der Waals surface area contributed by atoms with Crippen LogP contribution in [0.4, 0.5) is 0 Å². The summed E-state index contributed by atoms with van der Waals surface area (Å²) in [6, 6.07) is 15.8. The molecular formula is C21H24N3+. The number of fused-ring (bicyclic) bond motifs is 1. The summed E-state index contributed by atoms with van der Waals surface area (Å²) < 4.78 is 4.46. The highest BCUT2D eigenvalue weighted by molar-refractivity contribution is 5.48. The van der Waals surface area contributed by atoms with Crippen LogP contribution in [0.3, 0.4) is 0 Å². The first-order valence-electron chi connectivity index (χ1n) is 8.73. The summed E-state index contributed by atoms with van der Waals surface area (Å²) in [6.07, 6.45) is 5.52. The maximum absolute atomic E-state index is 4.88. The number of aryl methyl sites for hydroxylation is 4. The van der Waals surface area contributed by atoms with Crippen LogP contribution in [0, 0.1) is 20.8 Å². The van der Waals surface area contributed by atoms with Gasteiger partial charge in [-0.3, -0.25) is 0 Å². The van der Waals surface area contributed by atoms with E-state index >= 15 is 0 Å². The summed E-state index contributed by atoms with van der Waals surface area (Å²) in [5.74, 6) is 1.20. The Morgan fingerprint density at radius 3 is 2.50 bits per heavy atom. The molecule has 1 aliphatic rings. The average Bonchev–Trinajstić information content (AvgIpc) is 3.09. The Bertz CT molecular complexity index is 854. The molecule has 1 aliphatic heterocycles. The fraction of sp³-hybridized carbons (Fsp3) is 0.333. The molecule has 1 unspecified atom stereocenters. The normalized spacial score (nSPS) is 16.4. The van der Waals surface area contributed by atoms with Crippen molar-refractivity contribution in [2.75, 3.05) is 0 Å². The molecular weight excluding hydrogens is 294 g/mol. The van der Waals surface area contributed by atoms with Gasteiger partial charge in [0.25, 0.3) is 5.82 Å². The van der Waals surface area contributed by atoms with Crippen LogP contribution in [0.5, 0.6) is 0 Å². The summed E-state index contributed by atoms with van der Waals surface area (Å²) in [7, 11) is 0. The van der Waals surface area contributed by atoms with Crippen LogP contribution in [0.25, 0.3) is 5.69 Å². The summed E-state index contributed by atoms with van der Waals surface area (Å²) in [6.45, 7) is 6.50. The van der Waals surface area contributed by atoms with Crippen LogP contribution in [0.15, 0.2) is 48.8 Å². The largest absolute Gasteiger partial charge is 0.278 e. The van der Waals surface area contributed by atoms with Gasteiger partial charge in [-0.2, -0.15) is 0 Å². The lowest BCUT2D eigenvalue weighted by Crippen LogP contribution is -2.37. The van der Waals surface area contributed by atoms with Crippen LogP contribution >= 0.6 is 0 Å². The number of rotatable bonds is 3. The van der Waals surface area contributed by atoms with Crippen molar-refractivity contribution in [1.29, 1.82) is 0 Å². The molecule has 3 aromatic rings. The van der Waals surface area contributed by atoms with Crippen LogP contribution < -0.4 is 4.57 Å². The van der Waals surface area contributed by atoms with Crippen LogP contribution in [0.2, 0.25) is 0 Å². The first-order valence-corrected chi connectivity index (χ1v) is 8.73. The molecule has 24 heavy (non-hydrogen) atoms. The van der Waals surface area contributed by atoms with Crippen molar-refractivity contribution in [2.45, 2.75) is 46.1 Å². The van der Waals surface area contributed by atoms with E-state index in [0.29, 0.717) is 6.04 Å². The van der Waals surface area contributed by atoms with Crippen LogP contribution in [-0.4, -0.2) is 9.78 Å². The van der Waals surface area contributed by atoms with Crippen LogP contribution in [-0.2, 0) is 12.8 Å². The molecule has 4 rings (SSSR count). The number of benzene rings is 2. The van der Waals surface area contributed by atoms with E-state index in [1.54, 1.807) is 0 Å². The molecule has 0 saturated heterocycles. The topological polar surface area (TPSA) is 21.7 Å². The highest BCUT2D eigenvalue weighted by Gasteiger charge is 2.32. The van der Waals surface area contributed by atoms with Gasteiger partial charge >= 0.3 is 0 Å². The van der Waals surface area contributed by atoms with E-state index in [1.807, 2.05) is 0 Å². The van der Waals surface area contributed by atoms with E-state index in [1.165, 1.54) is 40.2 Å². The predicted molar refractivity (Wildman–Crippen MR) is 95.5 cm³/mol. The molecule has 0 spiro atoms. The van der Waals surface area contributed by atoms with Gasteiger partial charge in [-0.1, -0.05) is 52.7 Å². The number of hydrogen-bond acceptors (Lipinski definition) is 1. The monoisotopic (exact) mass is 318 g/mol. The Labute approximate surface area is 143 Å². The lowest BCUT2D eigenvalue weighted by molar-refractivity contribution is -0.716. The zero-order chi connectivity index (χ0) is 16.7. The quantitative estimate of drug-likeness (QED) is 0.673. The molecule has 2 aromatic carbocycles. The van der Waals surface area contributed by atoms with Gasteiger partial charge in [0.2, 0.25) is 6.33 Å². The lowest BCUT2D eigenvalue weighted by atomic mass is 10.0. The van der Waals surface area contributed by atoms with Gasteiger partial charge in [-0.15, -0.1) is 0 Å². The van der Waals surface area contributed by atoms with E-state index in [4.69, 9.17) is 5.10 Å². The molecule has 0 saturated carbocycles. The van der Waals surface area contributed by atoms with Crippen molar-refractivity contribution in [1.82, 2.24) is 9.78 Å². The predicted octanol–water partition coefficient (Wildman–Crippen LogP) is 3.82. The Morgan fingerprint density at radius 1 is 1.08 bits per heavy atom. The third-order valence-electron chi connectivity index (χ3n) is 5.03. The second-order valence-electron chi connectivity index (χ2n) is 7.01. The molecule has 0 fully saturated rings. The summed E-state index contributed by atoms with van der Waals surface area (Å²) in [5, 5.41) is 4.88. The van der Waals surface area contributed by atoms with E-state index in [0.717, 1.165) is 12.8 Å². The third kappa shape index (κ3) is 2.64. The number of nitrogens with zero attached hydrogens (tertiary/aromatic N) is 3. The van der Waals surface area contributed by atoms with Gasteiger partial charge < -0.3 is 0 Å². The van der Waals surface area contributed by atoms with E-state index < -0.39 is 0 Å². The molecule has 122 valence electrons. The third-order valence-corrected chi connectivity index (χ3v) is 5.03. The van der Waals surface area contributed by atoms with Crippen LogP contribution in [0.1, 0.15) is 40.5 Å². The first-order chi connectivity index (χ1) is 11.6. The Morgan fingerprint density at radius 2 is 1.79 bits per heavy atom. The molecule has 0 radical (unpaired) electrons. The first kappa shape index (κ1) is 15.1. The van der Waals surface area contributed by atoms with Gasteiger partial charge in [-0.05, 0) is 43.9 Å². The van der Waals surface area contributed by atoms with Gasteiger partial charge in [0.15, 0.2) is 0 Å². The molecule has 1 atom stereocenters. The van der Waals surface area contributed by atoms with Gasteiger partial charge in [0, 0.05) is 17.9 Å². The minimum atomic E-state index is 0.516. The van der Waals surface area contributed by atoms with Gasteiger partial charge in [0.1, 0.15) is 5.69 Å². The van der Waals surface area contributed by atoms with E-state index in [9.17, 15) is 0 Å². The fourth-order valence-corrected chi connectivity index (χ4v) is 4.03. The number of hydrogen-bond donors (Lipinski definition) is 0. The minimum Gasteiger partial charge on any atom is -0.231 e. The minimum absolute atomic E-state index is 0.516. The maximum Gasteiger partial charge on any atom is 0.278 e. The Kier molecular flexibility index (Phi) is 3.72. The number of aromatic nitrogens is 3. The van der Waals surface area contributed by atoms with Crippen molar-refractivity contribution in [2.24, 2.45) is 0 Å². The van der Waals surface area contributed by atoms with Crippen molar-refractivity contribution in [3.63, 3.8) is 0 Å². The summed E-state index contributed by atoms with van der Waals surface area (Å²) >= 11 is 0. The summed E-state index contributed by atoms with van der Waals surface area (Å²) in [5.41, 5.74) is 6.50. The van der Waals surface area contributed by atoms with Crippen molar-refractivity contribution < 1.29 is 4.57 Å². The second-order valence-corrected chi connectivity index (χ2v) is 7.01. The molecule has 3 heteroatoms. The van der Waals surface area contributed by atoms with Crippen molar-refractivity contribution in [3.05, 3.63) is 76.9 Å². The lowest BCUT2D eigenvalue weighted by Gasteiger charge is -2.09. The highest BCUT2D eigenvalue weighted by atomic mass is 15.4.